The van der Waals surface area contributed by atoms with E-state index in [1.54, 1.807) is 26.8 Å². The Bertz CT molecular complexity index is 1400. The Balaban J connectivity index is 1.39. The fraction of sp³-hybridized carbons (Fsp3) is 0.417. The van der Waals surface area contributed by atoms with Gasteiger partial charge in [0.15, 0.2) is 0 Å². The van der Waals surface area contributed by atoms with Crippen molar-refractivity contribution >= 4 is 56.3 Å². The van der Waals surface area contributed by atoms with Crippen molar-refractivity contribution in [3.63, 3.8) is 0 Å². The third kappa shape index (κ3) is 3.78. The Morgan fingerprint density at radius 2 is 2.06 bits per heavy atom. The Morgan fingerprint density at radius 1 is 1.23 bits per heavy atom. The molecular formula is C24H27N9OSn. The summed E-state index contributed by atoms with van der Waals surface area (Å²) in [5, 5.41) is 19.7. The van der Waals surface area contributed by atoms with E-state index in [9.17, 15) is 4.79 Å². The van der Waals surface area contributed by atoms with E-state index in [0.29, 0.717) is 17.6 Å². The molecule has 11 heteroatoms. The van der Waals surface area contributed by atoms with Crippen LogP contribution in [0.15, 0.2) is 40.6 Å². The van der Waals surface area contributed by atoms with Crippen molar-refractivity contribution in [2.45, 2.75) is 47.6 Å². The molecule has 3 aliphatic rings. The SMILES string of the molecule is Cc1nn(C)c2nc(-n3nc(C4C[CH2][Sn][CH2]C4)cc3NC(=O)C3(C)C=NN4C=CC=NC43)ccc12. The molecule has 178 valence electrons. The number of hydrazone groups is 1. The molecule has 10 nitrogen and oxygen atoms in total. The second-order valence-electron chi connectivity index (χ2n) is 9.51. The van der Waals surface area contributed by atoms with Gasteiger partial charge in [-0.3, -0.25) is 0 Å². The maximum atomic E-state index is 13.6. The monoisotopic (exact) mass is 577 g/mol. The number of rotatable bonds is 4. The van der Waals surface area contributed by atoms with Gasteiger partial charge in [-0.15, -0.1) is 0 Å². The number of nitrogens with one attached hydrogen (secondary N) is 1. The molecule has 3 aromatic rings. The molecule has 0 bridgehead atoms. The summed E-state index contributed by atoms with van der Waals surface area (Å²) in [6.07, 6.45) is 9.01. The van der Waals surface area contributed by atoms with Crippen LogP contribution in [0.5, 0.6) is 0 Å². The molecule has 0 spiro atoms. The van der Waals surface area contributed by atoms with Gasteiger partial charge >= 0.3 is 208 Å². The number of aryl methyl sites for hydroxylation is 2. The molecule has 3 aliphatic heterocycles. The second-order valence-corrected chi connectivity index (χ2v) is 13.8. The van der Waals surface area contributed by atoms with Crippen LogP contribution in [0.4, 0.5) is 5.82 Å². The van der Waals surface area contributed by atoms with Gasteiger partial charge in [0.25, 0.3) is 0 Å². The van der Waals surface area contributed by atoms with Crippen LogP contribution in [0.1, 0.15) is 37.1 Å². The molecule has 1 saturated heterocycles. The Hall–Kier alpha value is -3.02. The third-order valence-electron chi connectivity index (χ3n) is 7.09. The van der Waals surface area contributed by atoms with Gasteiger partial charge in [0.05, 0.1) is 0 Å². The van der Waals surface area contributed by atoms with E-state index in [2.05, 4.69) is 20.5 Å². The van der Waals surface area contributed by atoms with Crippen molar-refractivity contribution in [2.75, 3.05) is 5.32 Å². The van der Waals surface area contributed by atoms with E-state index in [4.69, 9.17) is 10.1 Å². The first-order valence-corrected chi connectivity index (χ1v) is 15.9. The summed E-state index contributed by atoms with van der Waals surface area (Å²) in [5.41, 5.74) is 1.83. The molecule has 2 unspecified atom stereocenters. The Kier molecular flexibility index (Phi) is 5.50. The van der Waals surface area contributed by atoms with Crippen molar-refractivity contribution in [2.24, 2.45) is 22.6 Å². The number of amides is 1. The summed E-state index contributed by atoms with van der Waals surface area (Å²) in [5.74, 6) is 1.52. The minimum atomic E-state index is -0.912. The van der Waals surface area contributed by atoms with Crippen molar-refractivity contribution in [1.82, 2.24) is 29.6 Å². The fourth-order valence-corrected chi connectivity index (χ4v) is 8.88. The summed E-state index contributed by atoms with van der Waals surface area (Å²) in [6, 6.07) is 5.98. The number of carbonyl (C=O) groups excluding carboxylic acids is 1. The van der Waals surface area contributed by atoms with Crippen molar-refractivity contribution < 1.29 is 4.79 Å². The first-order valence-electron chi connectivity index (χ1n) is 11.9. The van der Waals surface area contributed by atoms with E-state index in [1.807, 2.05) is 51.4 Å². The molecule has 35 heavy (non-hydrogen) atoms. The van der Waals surface area contributed by atoms with Crippen molar-refractivity contribution in [3.8, 4) is 5.82 Å². The van der Waals surface area contributed by atoms with Crippen LogP contribution in [0.25, 0.3) is 16.9 Å². The van der Waals surface area contributed by atoms with E-state index >= 15 is 0 Å². The molecule has 1 fully saturated rings. The number of aromatic nitrogens is 5. The topological polar surface area (TPSA) is 106 Å². The van der Waals surface area contributed by atoms with Crippen LogP contribution in [-0.4, -0.2) is 75.2 Å². The van der Waals surface area contributed by atoms with Crippen LogP contribution in [0.2, 0.25) is 8.87 Å². The molecule has 3 aromatic heterocycles. The maximum absolute atomic E-state index is 13.6. The minimum absolute atomic E-state index is 0.177. The predicted molar refractivity (Wildman–Crippen MR) is 136 cm³/mol. The van der Waals surface area contributed by atoms with Crippen LogP contribution >= 0.6 is 0 Å². The van der Waals surface area contributed by atoms with Gasteiger partial charge in [-0.1, -0.05) is 0 Å². The predicted octanol–water partition coefficient (Wildman–Crippen LogP) is 3.05. The van der Waals surface area contributed by atoms with Crippen LogP contribution in [0.3, 0.4) is 0 Å². The standard InChI is InChI=1S/C24H27N9O.Sn/c1-6-16(7-2)18-13-20(28-23(34)24(4)14-26-32-12-8-11-25-22(24)32)33(30-18)19-10-9-17-15(3)29-31(5)21(17)27-19;/h8-14,16,22H,1-2,6-7H2,3-5H3,(H,28,34);. The number of carbonyl (C=O) groups is 1. The summed E-state index contributed by atoms with van der Waals surface area (Å²) in [7, 11) is 1.89. The molecule has 6 heterocycles. The number of fused-ring (bicyclic) bond motifs is 2. The fourth-order valence-electron chi connectivity index (χ4n) is 5.01. The number of allylic oxidation sites excluding steroid dienone is 1. The zero-order chi connectivity index (χ0) is 24.2. The van der Waals surface area contributed by atoms with E-state index in [0.717, 1.165) is 22.4 Å². The molecule has 0 saturated carbocycles. The summed E-state index contributed by atoms with van der Waals surface area (Å²) < 4.78 is 6.29. The molecule has 1 N–H and O–H groups in total. The van der Waals surface area contributed by atoms with Gasteiger partial charge in [0.2, 0.25) is 0 Å². The molecule has 1 amide bonds. The number of hydrogen-bond donors (Lipinski definition) is 1. The molecule has 0 aliphatic carbocycles. The normalized spacial score (nSPS) is 23.9. The zero-order valence-electron chi connectivity index (χ0n) is 20.0. The van der Waals surface area contributed by atoms with Crippen LogP contribution in [-0.2, 0) is 11.8 Å². The van der Waals surface area contributed by atoms with E-state index < -0.39 is 11.6 Å². The Morgan fingerprint density at radius 3 is 2.89 bits per heavy atom. The molecule has 6 rings (SSSR count). The summed E-state index contributed by atoms with van der Waals surface area (Å²) in [6.45, 7) is 3.84. The number of hydrogen-bond acceptors (Lipinski definition) is 7. The van der Waals surface area contributed by atoms with Crippen molar-refractivity contribution in [3.05, 3.63) is 41.9 Å². The van der Waals surface area contributed by atoms with Crippen LogP contribution in [0, 0.1) is 12.3 Å². The number of aliphatic imine (C=N–C) groups is 1. The van der Waals surface area contributed by atoms with Gasteiger partial charge in [-0.2, -0.15) is 0 Å². The average molecular weight is 576 g/mol. The van der Waals surface area contributed by atoms with Crippen LogP contribution < -0.4 is 5.32 Å². The van der Waals surface area contributed by atoms with Crippen molar-refractivity contribution in [1.29, 1.82) is 0 Å². The van der Waals surface area contributed by atoms with Gasteiger partial charge in [-0.25, -0.2) is 0 Å². The van der Waals surface area contributed by atoms with Gasteiger partial charge in [-0.05, 0) is 6.08 Å². The number of nitrogens with zero attached hydrogens (tertiary/aromatic N) is 8. The van der Waals surface area contributed by atoms with Gasteiger partial charge in [0.1, 0.15) is 0 Å². The second kappa shape index (κ2) is 8.58. The first kappa shape index (κ1) is 22.4. The van der Waals surface area contributed by atoms with Gasteiger partial charge < -0.3 is 0 Å². The quantitative estimate of drug-likeness (QED) is 0.481. The average Bonchev–Trinajstić information content (AvgIpc) is 3.54. The Labute approximate surface area is 213 Å². The molecule has 0 aromatic carbocycles. The van der Waals surface area contributed by atoms with E-state index in [1.165, 1.54) is 21.7 Å². The van der Waals surface area contributed by atoms with Gasteiger partial charge in [0, 0.05) is 0 Å². The first-order chi connectivity index (χ1) is 16.9. The molecule has 2 radical (unpaired) electrons. The molecule has 2 atom stereocenters. The number of pyridine rings is 1. The third-order valence-corrected chi connectivity index (χ3v) is 10.8. The summed E-state index contributed by atoms with van der Waals surface area (Å²) >= 11 is -0.185. The number of anilines is 1. The zero-order valence-corrected chi connectivity index (χ0v) is 22.9. The summed E-state index contributed by atoms with van der Waals surface area (Å²) in [4.78, 5) is 23.0. The van der Waals surface area contributed by atoms with E-state index in [-0.39, 0.29) is 27.0 Å². The molecular weight excluding hydrogens is 549 g/mol.